The van der Waals surface area contributed by atoms with E-state index in [-0.39, 0.29) is 19.8 Å². The molecule has 2 fully saturated rings. The van der Waals surface area contributed by atoms with Crippen molar-refractivity contribution in [3.8, 4) is 0 Å². The lowest BCUT2D eigenvalue weighted by atomic mass is 9.95. The summed E-state index contributed by atoms with van der Waals surface area (Å²) < 4.78 is 32.3. The predicted octanol–water partition coefficient (Wildman–Crippen LogP) is -5.24. The predicted molar refractivity (Wildman–Crippen MR) is 115 cm³/mol. The van der Waals surface area contributed by atoms with Gasteiger partial charge in [0.2, 0.25) is 5.91 Å². The van der Waals surface area contributed by atoms with Gasteiger partial charge in [-0.05, 0) is 0 Å². The van der Waals surface area contributed by atoms with Gasteiger partial charge in [-0.25, -0.2) is 0 Å². The van der Waals surface area contributed by atoms with E-state index in [1.54, 1.807) is 0 Å². The minimum Gasteiger partial charge on any atom is -0.394 e. The maximum Gasteiger partial charge on any atom is 0.217 e. The number of ether oxygens (including phenoxy) is 6. The van der Waals surface area contributed by atoms with Crippen LogP contribution in [-0.2, 0) is 33.2 Å². The van der Waals surface area contributed by atoms with Crippen LogP contribution in [0.25, 0.3) is 0 Å². The van der Waals surface area contributed by atoms with E-state index in [0.29, 0.717) is 26.4 Å². The second-order valence-corrected chi connectivity index (χ2v) is 8.17. The molecule has 0 radical (unpaired) electrons. The topological polar surface area (TPSA) is 232 Å². The monoisotopic (exact) mass is 514 g/mol. The molecule has 2 rings (SSSR count). The van der Waals surface area contributed by atoms with E-state index >= 15 is 0 Å². The van der Waals surface area contributed by atoms with Gasteiger partial charge in [0.25, 0.3) is 0 Å². The molecule has 35 heavy (non-hydrogen) atoms. The third kappa shape index (κ3) is 8.78. The summed E-state index contributed by atoms with van der Waals surface area (Å²) in [5, 5.41) is 63.5. The fourth-order valence-electron chi connectivity index (χ4n) is 3.68. The number of carbonyl (C=O) groups excluding carboxylic acids is 1. The largest absolute Gasteiger partial charge is 0.394 e. The number of rotatable bonds is 14. The van der Waals surface area contributed by atoms with Gasteiger partial charge in [0, 0.05) is 13.5 Å². The smallest absolute Gasteiger partial charge is 0.217 e. The summed E-state index contributed by atoms with van der Waals surface area (Å²) in [6, 6.07) is -1.30. The van der Waals surface area contributed by atoms with E-state index in [1.807, 2.05) is 0 Å². The Morgan fingerprint density at radius 3 is 2.09 bits per heavy atom. The minimum atomic E-state index is -1.73. The highest BCUT2D eigenvalue weighted by Crippen LogP contribution is 2.28. The van der Waals surface area contributed by atoms with Crippen molar-refractivity contribution < 1.29 is 63.9 Å². The number of nitrogens with one attached hydrogen (secondary N) is 1. The first-order chi connectivity index (χ1) is 16.7. The molecule has 0 aliphatic carbocycles. The maximum absolute atomic E-state index is 11.4. The van der Waals surface area contributed by atoms with Crippen LogP contribution in [0.2, 0.25) is 0 Å². The molecule has 2 heterocycles. The lowest BCUT2D eigenvalue weighted by Crippen LogP contribution is -2.67. The summed E-state index contributed by atoms with van der Waals surface area (Å²) in [5.74, 6) is -0.560. The summed E-state index contributed by atoms with van der Waals surface area (Å²) in [4.78, 5) is 11.4. The Morgan fingerprint density at radius 2 is 1.49 bits per heavy atom. The zero-order chi connectivity index (χ0) is 26.0. The first-order valence-corrected chi connectivity index (χ1v) is 11.4. The maximum atomic E-state index is 11.4. The Morgan fingerprint density at radius 1 is 0.857 bits per heavy atom. The van der Waals surface area contributed by atoms with Crippen molar-refractivity contribution in [2.45, 2.75) is 68.3 Å². The third-order valence-electron chi connectivity index (χ3n) is 5.49. The molecule has 15 nitrogen and oxygen atoms in total. The molecule has 1 amide bonds. The van der Waals surface area contributed by atoms with Crippen LogP contribution >= 0.6 is 0 Å². The van der Waals surface area contributed by atoms with E-state index in [2.05, 4.69) is 5.32 Å². The van der Waals surface area contributed by atoms with Crippen LogP contribution in [-0.4, -0.2) is 151 Å². The molecule has 206 valence electrons. The lowest BCUT2D eigenvalue weighted by Gasteiger charge is -2.46. The second kappa shape index (κ2) is 15.3. The Balaban J connectivity index is 1.91. The van der Waals surface area contributed by atoms with Crippen molar-refractivity contribution in [2.24, 2.45) is 5.73 Å². The highest BCUT2D eigenvalue weighted by Gasteiger charge is 2.50. The molecule has 0 aromatic carbocycles. The Hall–Kier alpha value is -1.05. The molecule has 9 N–H and O–H groups in total. The molecule has 0 aromatic heterocycles. The summed E-state index contributed by atoms with van der Waals surface area (Å²) in [7, 11) is 0. The minimum absolute atomic E-state index is 0.145. The average molecular weight is 515 g/mol. The molecule has 0 saturated carbocycles. The van der Waals surface area contributed by atoms with E-state index in [9.17, 15) is 35.4 Å². The van der Waals surface area contributed by atoms with Crippen LogP contribution in [0.4, 0.5) is 0 Å². The average Bonchev–Trinajstić information content (AvgIpc) is 2.82. The number of aliphatic hydroxyl groups is 6. The summed E-state index contributed by atoms with van der Waals surface area (Å²) in [5.41, 5.74) is 5.31. The van der Waals surface area contributed by atoms with Gasteiger partial charge in [0.1, 0.15) is 48.8 Å². The van der Waals surface area contributed by atoms with Gasteiger partial charge in [-0.1, -0.05) is 0 Å². The Kier molecular flexibility index (Phi) is 13.2. The molecular weight excluding hydrogens is 476 g/mol. The van der Waals surface area contributed by atoms with Crippen molar-refractivity contribution in [2.75, 3.05) is 52.8 Å². The van der Waals surface area contributed by atoms with Gasteiger partial charge in [-0.2, -0.15) is 0 Å². The molecule has 10 atom stereocenters. The van der Waals surface area contributed by atoms with Crippen LogP contribution in [0, 0.1) is 0 Å². The zero-order valence-electron chi connectivity index (χ0n) is 19.5. The summed E-state index contributed by atoms with van der Waals surface area (Å²) in [6.07, 6.45) is -13.4. The standard InChI is InChI=1S/C20H38N2O13/c1-10(24)22-13-15(26)18(11(8-23)33-19(13)29)35-20-17(28)16(27)14(25)12(34-20)9-32-7-6-31-5-4-30-3-2-21/h11-20,23,25-29H,2-9,21H2,1H3,(H,22,24)/t11-,12-,13-,14-,15-,16+,17+,18-,19?,20+/m1/s1. The molecule has 2 saturated heterocycles. The Labute approximate surface area is 202 Å². The number of hydrogen-bond donors (Lipinski definition) is 8. The van der Waals surface area contributed by atoms with Crippen LogP contribution in [0.5, 0.6) is 0 Å². The lowest BCUT2D eigenvalue weighted by molar-refractivity contribution is -0.346. The van der Waals surface area contributed by atoms with Crippen molar-refractivity contribution in [3.05, 3.63) is 0 Å². The number of aliphatic hydroxyl groups excluding tert-OH is 6. The third-order valence-corrected chi connectivity index (χ3v) is 5.49. The molecule has 1 unspecified atom stereocenters. The highest BCUT2D eigenvalue weighted by atomic mass is 16.7. The van der Waals surface area contributed by atoms with E-state index in [1.165, 1.54) is 6.92 Å². The second-order valence-electron chi connectivity index (χ2n) is 8.17. The number of nitrogens with two attached hydrogens (primary N) is 1. The summed E-state index contributed by atoms with van der Waals surface area (Å²) >= 11 is 0. The van der Waals surface area contributed by atoms with Gasteiger partial charge in [0.05, 0.1) is 46.2 Å². The van der Waals surface area contributed by atoms with Crippen molar-refractivity contribution >= 4 is 5.91 Å². The zero-order valence-corrected chi connectivity index (χ0v) is 19.5. The summed E-state index contributed by atoms with van der Waals surface area (Å²) in [6.45, 7) is 2.28. The van der Waals surface area contributed by atoms with E-state index in [0.717, 1.165) is 0 Å². The molecule has 0 bridgehead atoms. The fraction of sp³-hybridized carbons (Fsp3) is 0.950. The van der Waals surface area contributed by atoms with E-state index < -0.39 is 73.9 Å². The van der Waals surface area contributed by atoms with Crippen LogP contribution in [0.15, 0.2) is 0 Å². The normalized spacial score (nSPS) is 37.8. The van der Waals surface area contributed by atoms with Crippen molar-refractivity contribution in [1.82, 2.24) is 5.32 Å². The van der Waals surface area contributed by atoms with Gasteiger partial charge < -0.3 is 70.1 Å². The van der Waals surface area contributed by atoms with E-state index in [4.69, 9.17) is 34.2 Å². The fourth-order valence-corrected chi connectivity index (χ4v) is 3.68. The van der Waals surface area contributed by atoms with Crippen LogP contribution in [0.3, 0.4) is 0 Å². The van der Waals surface area contributed by atoms with Crippen molar-refractivity contribution in [3.63, 3.8) is 0 Å². The number of carbonyl (C=O) groups is 1. The van der Waals surface area contributed by atoms with Crippen molar-refractivity contribution in [1.29, 1.82) is 0 Å². The molecular formula is C20H38N2O13. The first kappa shape index (κ1) is 30.2. The van der Waals surface area contributed by atoms with Gasteiger partial charge in [-0.15, -0.1) is 0 Å². The molecule has 15 heteroatoms. The van der Waals surface area contributed by atoms with Gasteiger partial charge in [0.15, 0.2) is 12.6 Å². The first-order valence-electron chi connectivity index (χ1n) is 11.4. The van der Waals surface area contributed by atoms with Crippen LogP contribution < -0.4 is 11.1 Å². The molecule has 2 aliphatic rings. The molecule has 0 spiro atoms. The number of amides is 1. The number of hydrogen-bond acceptors (Lipinski definition) is 14. The SMILES string of the molecule is CC(=O)N[C@H]1C(O)O[C@H](CO)[C@@H](O[C@@H]2O[C@H](COCCOCCOCCN)[C@@H](O)[C@H](O)[C@@H]2O)[C@@H]1O. The quantitative estimate of drug-likeness (QED) is 0.101. The highest BCUT2D eigenvalue weighted by molar-refractivity contribution is 5.73. The van der Waals surface area contributed by atoms with Crippen LogP contribution in [0.1, 0.15) is 6.92 Å². The molecule has 2 aliphatic heterocycles. The van der Waals surface area contributed by atoms with Gasteiger partial charge in [-0.3, -0.25) is 4.79 Å². The van der Waals surface area contributed by atoms with Gasteiger partial charge >= 0.3 is 0 Å². The Bertz CT molecular complexity index is 618. The molecule has 0 aromatic rings.